The molecule has 0 saturated carbocycles. The molecule has 190 valence electrons. The van der Waals surface area contributed by atoms with Gasteiger partial charge < -0.3 is 10.1 Å². The minimum Gasteiger partial charge on any atom is -0.457 e. The number of ether oxygens (including phenoxy) is 1. The summed E-state index contributed by atoms with van der Waals surface area (Å²) in [6.45, 7) is -0.614. The van der Waals surface area contributed by atoms with Crippen molar-refractivity contribution in [3.63, 3.8) is 0 Å². The molecule has 4 aromatic carbocycles. The first kappa shape index (κ1) is 25.8. The number of carbonyl (C=O) groups is 1. The standard InChI is InChI=1S/C27H21F3N2O4S/c28-27(29,30)20-11-13-21(14-12-20)31-26(33)19-32(37(34,35)25-9-5-2-6-10-25)22-15-17-24(18-16-22)36-23-7-3-1-4-8-23/h1-18H,19H2,(H,31,33). The van der Waals surface area contributed by atoms with E-state index in [4.69, 9.17) is 4.74 Å². The smallest absolute Gasteiger partial charge is 0.416 e. The molecule has 0 bridgehead atoms. The monoisotopic (exact) mass is 526 g/mol. The molecule has 0 spiro atoms. The zero-order valence-corrected chi connectivity index (χ0v) is 20.0. The van der Waals surface area contributed by atoms with Gasteiger partial charge in [-0.3, -0.25) is 9.10 Å². The second-order valence-corrected chi connectivity index (χ2v) is 9.72. The molecule has 0 aromatic heterocycles. The van der Waals surface area contributed by atoms with Crippen molar-refractivity contribution in [2.75, 3.05) is 16.2 Å². The highest BCUT2D eigenvalue weighted by Gasteiger charge is 2.30. The molecule has 1 amide bonds. The molecule has 0 radical (unpaired) electrons. The lowest BCUT2D eigenvalue weighted by Crippen LogP contribution is -2.38. The van der Waals surface area contributed by atoms with Gasteiger partial charge in [-0.1, -0.05) is 36.4 Å². The lowest BCUT2D eigenvalue weighted by atomic mass is 10.2. The lowest BCUT2D eigenvalue weighted by Gasteiger charge is -2.24. The maximum Gasteiger partial charge on any atom is 0.416 e. The second kappa shape index (κ2) is 10.8. The van der Waals surface area contributed by atoms with Gasteiger partial charge in [-0.2, -0.15) is 13.2 Å². The van der Waals surface area contributed by atoms with Gasteiger partial charge in [-0.15, -0.1) is 0 Å². The fourth-order valence-electron chi connectivity index (χ4n) is 3.41. The summed E-state index contributed by atoms with van der Waals surface area (Å²) in [4.78, 5) is 12.8. The molecule has 10 heteroatoms. The van der Waals surface area contributed by atoms with Crippen LogP contribution in [0.15, 0.2) is 114 Å². The van der Waals surface area contributed by atoms with Gasteiger partial charge in [0, 0.05) is 5.69 Å². The zero-order valence-electron chi connectivity index (χ0n) is 19.2. The van der Waals surface area contributed by atoms with E-state index in [0.717, 1.165) is 28.6 Å². The van der Waals surface area contributed by atoms with Crippen LogP contribution < -0.4 is 14.4 Å². The van der Waals surface area contributed by atoms with Crippen LogP contribution >= 0.6 is 0 Å². The van der Waals surface area contributed by atoms with Crippen LogP contribution in [0.1, 0.15) is 5.56 Å². The lowest BCUT2D eigenvalue weighted by molar-refractivity contribution is -0.137. The van der Waals surface area contributed by atoms with Gasteiger partial charge in [0.05, 0.1) is 16.1 Å². The Kier molecular flexibility index (Phi) is 7.49. The summed E-state index contributed by atoms with van der Waals surface area (Å²) in [5.41, 5.74) is -0.565. The number of para-hydroxylation sites is 1. The highest BCUT2D eigenvalue weighted by atomic mass is 32.2. The van der Waals surface area contributed by atoms with E-state index < -0.39 is 34.2 Å². The van der Waals surface area contributed by atoms with Crippen molar-refractivity contribution in [1.29, 1.82) is 0 Å². The third-order valence-corrected chi connectivity index (χ3v) is 7.01. The SMILES string of the molecule is O=C(CN(c1ccc(Oc2ccccc2)cc1)S(=O)(=O)c1ccccc1)Nc1ccc(C(F)(F)F)cc1. The van der Waals surface area contributed by atoms with E-state index in [9.17, 15) is 26.4 Å². The van der Waals surface area contributed by atoms with Crippen molar-refractivity contribution < 1.29 is 31.1 Å². The largest absolute Gasteiger partial charge is 0.457 e. The number of carbonyl (C=O) groups excluding carboxylic acids is 1. The molecule has 0 aliphatic carbocycles. The van der Waals surface area contributed by atoms with Crippen molar-refractivity contribution in [3.8, 4) is 11.5 Å². The number of hydrogen-bond donors (Lipinski definition) is 1. The Morgan fingerprint density at radius 2 is 1.30 bits per heavy atom. The molecular weight excluding hydrogens is 505 g/mol. The Morgan fingerprint density at radius 1 is 0.757 bits per heavy atom. The predicted molar refractivity (Wildman–Crippen MR) is 134 cm³/mol. The highest BCUT2D eigenvalue weighted by Crippen LogP contribution is 2.30. The number of nitrogens with zero attached hydrogens (tertiary/aromatic N) is 1. The number of anilines is 2. The van der Waals surface area contributed by atoms with Gasteiger partial charge >= 0.3 is 6.18 Å². The third kappa shape index (κ3) is 6.47. The van der Waals surface area contributed by atoms with E-state index in [2.05, 4.69) is 5.32 Å². The summed E-state index contributed by atoms with van der Waals surface area (Å²) >= 11 is 0. The Labute approximate surface area is 212 Å². The van der Waals surface area contributed by atoms with Crippen molar-refractivity contribution >= 4 is 27.3 Å². The molecule has 0 aliphatic rings. The quantitative estimate of drug-likeness (QED) is 0.291. The molecule has 37 heavy (non-hydrogen) atoms. The fraction of sp³-hybridized carbons (Fsp3) is 0.0741. The number of rotatable bonds is 8. The molecule has 0 fully saturated rings. The number of benzene rings is 4. The van der Waals surface area contributed by atoms with Crippen LogP contribution in [0.5, 0.6) is 11.5 Å². The van der Waals surface area contributed by atoms with Gasteiger partial charge in [0.1, 0.15) is 18.0 Å². The average Bonchev–Trinajstić information content (AvgIpc) is 2.89. The van der Waals surface area contributed by atoms with Crippen molar-refractivity contribution in [1.82, 2.24) is 0 Å². The number of halogens is 3. The maximum absolute atomic E-state index is 13.4. The molecule has 0 atom stereocenters. The summed E-state index contributed by atoms with van der Waals surface area (Å²) in [5, 5.41) is 2.45. The van der Waals surface area contributed by atoms with Crippen LogP contribution in [-0.2, 0) is 21.0 Å². The van der Waals surface area contributed by atoms with Crippen LogP contribution in [0.4, 0.5) is 24.5 Å². The number of hydrogen-bond acceptors (Lipinski definition) is 4. The summed E-state index contributed by atoms with van der Waals surface area (Å²) < 4.78 is 72.0. The summed E-state index contributed by atoms with van der Waals surface area (Å²) in [5.74, 6) is 0.324. The Bertz CT molecular complexity index is 1440. The van der Waals surface area contributed by atoms with Crippen LogP contribution in [0.3, 0.4) is 0 Å². The Hall–Kier alpha value is -4.31. The Balaban J connectivity index is 1.58. The van der Waals surface area contributed by atoms with Crippen molar-refractivity contribution in [2.45, 2.75) is 11.1 Å². The molecule has 0 aliphatic heterocycles. The zero-order chi connectivity index (χ0) is 26.5. The van der Waals surface area contributed by atoms with E-state index in [1.54, 1.807) is 42.5 Å². The van der Waals surface area contributed by atoms with E-state index in [1.165, 1.54) is 24.3 Å². The van der Waals surface area contributed by atoms with Gasteiger partial charge in [-0.25, -0.2) is 8.42 Å². The van der Waals surface area contributed by atoms with E-state index in [0.29, 0.717) is 11.5 Å². The molecule has 4 rings (SSSR count). The molecule has 0 saturated heterocycles. The van der Waals surface area contributed by atoms with Gasteiger partial charge in [0.15, 0.2) is 0 Å². The fourth-order valence-corrected chi connectivity index (χ4v) is 4.86. The first-order valence-electron chi connectivity index (χ1n) is 11.0. The minimum atomic E-state index is -4.51. The number of alkyl halides is 3. The van der Waals surface area contributed by atoms with Crippen LogP contribution in [0.2, 0.25) is 0 Å². The number of nitrogens with one attached hydrogen (secondary N) is 1. The minimum absolute atomic E-state index is 0.0260. The Morgan fingerprint density at radius 3 is 1.86 bits per heavy atom. The van der Waals surface area contributed by atoms with E-state index >= 15 is 0 Å². The van der Waals surface area contributed by atoms with Crippen molar-refractivity contribution in [3.05, 3.63) is 115 Å². The van der Waals surface area contributed by atoms with Gasteiger partial charge in [0.2, 0.25) is 5.91 Å². The first-order valence-corrected chi connectivity index (χ1v) is 12.4. The highest BCUT2D eigenvalue weighted by molar-refractivity contribution is 7.92. The summed E-state index contributed by atoms with van der Waals surface area (Å²) in [6, 6.07) is 26.6. The van der Waals surface area contributed by atoms with E-state index in [1.807, 2.05) is 18.2 Å². The van der Waals surface area contributed by atoms with Crippen LogP contribution in [0, 0.1) is 0 Å². The van der Waals surface area contributed by atoms with Crippen LogP contribution in [-0.4, -0.2) is 20.9 Å². The number of amides is 1. The maximum atomic E-state index is 13.4. The van der Waals surface area contributed by atoms with Crippen molar-refractivity contribution in [2.24, 2.45) is 0 Å². The third-order valence-electron chi connectivity index (χ3n) is 5.22. The second-order valence-electron chi connectivity index (χ2n) is 7.86. The molecule has 4 aromatic rings. The van der Waals surface area contributed by atoms with Gasteiger partial charge in [0.25, 0.3) is 10.0 Å². The molecule has 1 N–H and O–H groups in total. The topological polar surface area (TPSA) is 75.7 Å². The summed E-state index contributed by atoms with van der Waals surface area (Å²) in [7, 11) is -4.16. The molecule has 0 heterocycles. The first-order chi connectivity index (χ1) is 17.6. The average molecular weight is 527 g/mol. The summed E-state index contributed by atoms with van der Waals surface area (Å²) in [6.07, 6.45) is -4.51. The normalized spacial score (nSPS) is 11.5. The van der Waals surface area contributed by atoms with E-state index in [-0.39, 0.29) is 16.3 Å². The predicted octanol–water partition coefficient (Wildman–Crippen LogP) is 6.33. The number of sulfonamides is 1. The molecular formula is C27H21F3N2O4S. The molecule has 6 nitrogen and oxygen atoms in total. The van der Waals surface area contributed by atoms with Crippen LogP contribution in [0.25, 0.3) is 0 Å². The van der Waals surface area contributed by atoms with Gasteiger partial charge in [-0.05, 0) is 72.8 Å². The molecule has 0 unspecified atom stereocenters.